The van der Waals surface area contributed by atoms with E-state index in [2.05, 4.69) is 15.5 Å². The van der Waals surface area contributed by atoms with Crippen LogP contribution in [0.25, 0.3) is 0 Å². The minimum absolute atomic E-state index is 0.0665. The van der Waals surface area contributed by atoms with Crippen LogP contribution in [0.4, 0.5) is 8.78 Å². The topological polar surface area (TPSA) is 84.2 Å². The van der Waals surface area contributed by atoms with Crippen molar-refractivity contribution >= 4 is 11.8 Å². The first kappa shape index (κ1) is 17.9. The molecule has 0 radical (unpaired) electrons. The highest BCUT2D eigenvalue weighted by molar-refractivity contribution is 5.78. The number of aryl methyl sites for hydroxylation is 1. The summed E-state index contributed by atoms with van der Waals surface area (Å²) >= 11 is 0. The van der Waals surface area contributed by atoms with Crippen molar-refractivity contribution in [1.82, 2.24) is 30.0 Å². The first-order chi connectivity index (χ1) is 12.5. The van der Waals surface area contributed by atoms with E-state index in [1.54, 1.807) is 9.80 Å². The molecule has 0 bridgehead atoms. The van der Waals surface area contributed by atoms with Crippen LogP contribution in [0.3, 0.4) is 0 Å². The lowest BCUT2D eigenvalue weighted by Crippen LogP contribution is -2.51. The molecular formula is C16H18F2N6O2. The van der Waals surface area contributed by atoms with Gasteiger partial charge in [-0.3, -0.25) is 9.59 Å². The fourth-order valence-electron chi connectivity index (χ4n) is 2.80. The molecule has 1 aromatic carbocycles. The van der Waals surface area contributed by atoms with Crippen LogP contribution in [0.2, 0.25) is 0 Å². The van der Waals surface area contributed by atoms with Crippen LogP contribution in [-0.2, 0) is 22.6 Å². The Morgan fingerprint density at radius 3 is 2.31 bits per heavy atom. The summed E-state index contributed by atoms with van der Waals surface area (Å²) in [6.45, 7) is 1.84. The Hall–Kier alpha value is -2.91. The number of hydrogen-bond donors (Lipinski definition) is 0. The minimum atomic E-state index is -0.912. The summed E-state index contributed by atoms with van der Waals surface area (Å²) in [5.41, 5.74) is 0.576. The fraction of sp³-hybridized carbons (Fsp3) is 0.438. The number of piperazine rings is 1. The van der Waals surface area contributed by atoms with Gasteiger partial charge in [0.05, 0.1) is 0 Å². The lowest BCUT2D eigenvalue weighted by molar-refractivity contribution is -0.140. The van der Waals surface area contributed by atoms with Gasteiger partial charge in [-0.2, -0.15) is 0 Å². The lowest BCUT2D eigenvalue weighted by atomic mass is 10.1. The number of nitrogens with zero attached hydrogens (tertiary/aromatic N) is 6. The van der Waals surface area contributed by atoms with E-state index < -0.39 is 11.6 Å². The lowest BCUT2D eigenvalue weighted by Gasteiger charge is -2.34. The average molecular weight is 364 g/mol. The van der Waals surface area contributed by atoms with Crippen molar-refractivity contribution in [3.63, 3.8) is 0 Å². The summed E-state index contributed by atoms with van der Waals surface area (Å²) in [6.07, 6.45) is 1.92. The number of carbonyl (C=O) groups is 2. The summed E-state index contributed by atoms with van der Waals surface area (Å²) in [7, 11) is 0. The molecule has 8 nitrogen and oxygen atoms in total. The number of hydrogen-bond acceptors (Lipinski definition) is 5. The Bertz CT molecular complexity index is 775. The van der Waals surface area contributed by atoms with Gasteiger partial charge in [0.25, 0.3) is 0 Å². The zero-order valence-electron chi connectivity index (χ0n) is 14.0. The predicted molar refractivity (Wildman–Crippen MR) is 85.7 cm³/mol. The maximum atomic E-state index is 13.2. The second kappa shape index (κ2) is 7.98. The van der Waals surface area contributed by atoms with E-state index in [4.69, 9.17) is 0 Å². The number of rotatable bonds is 5. The van der Waals surface area contributed by atoms with Gasteiger partial charge in [0.1, 0.15) is 12.9 Å². The van der Waals surface area contributed by atoms with Crippen LogP contribution in [0.5, 0.6) is 0 Å². The van der Waals surface area contributed by atoms with E-state index >= 15 is 0 Å². The van der Waals surface area contributed by atoms with E-state index in [-0.39, 0.29) is 24.8 Å². The molecule has 0 unspecified atom stereocenters. The van der Waals surface area contributed by atoms with Crippen molar-refractivity contribution < 1.29 is 18.4 Å². The second-order valence-corrected chi connectivity index (χ2v) is 6.02. The van der Waals surface area contributed by atoms with Crippen molar-refractivity contribution in [1.29, 1.82) is 0 Å². The zero-order valence-corrected chi connectivity index (χ0v) is 14.0. The van der Waals surface area contributed by atoms with Crippen LogP contribution in [0.1, 0.15) is 12.0 Å². The summed E-state index contributed by atoms with van der Waals surface area (Å²) in [5, 5.41) is 10.6. The molecule has 2 aromatic rings. The molecule has 138 valence electrons. The van der Waals surface area contributed by atoms with Gasteiger partial charge in [0, 0.05) is 32.6 Å². The highest BCUT2D eigenvalue weighted by atomic mass is 19.2. The van der Waals surface area contributed by atoms with Gasteiger partial charge >= 0.3 is 0 Å². The third-order valence-corrected chi connectivity index (χ3v) is 4.29. The first-order valence-corrected chi connectivity index (χ1v) is 8.23. The number of benzene rings is 1. The van der Waals surface area contributed by atoms with Crippen molar-refractivity contribution in [2.45, 2.75) is 19.4 Å². The van der Waals surface area contributed by atoms with Gasteiger partial charge in [0.2, 0.25) is 11.8 Å². The molecular weight excluding hydrogens is 346 g/mol. The van der Waals surface area contributed by atoms with Crippen LogP contribution >= 0.6 is 0 Å². The maximum Gasteiger partial charge on any atom is 0.244 e. The highest BCUT2D eigenvalue weighted by Gasteiger charge is 2.24. The largest absolute Gasteiger partial charge is 0.339 e. The van der Waals surface area contributed by atoms with Crippen molar-refractivity contribution in [2.24, 2.45) is 0 Å². The molecule has 2 heterocycles. The SMILES string of the molecule is O=C(CCc1ccc(F)c(F)c1)N1CCN(C(=O)Cn2cnnn2)CC1. The van der Waals surface area contributed by atoms with Crippen LogP contribution < -0.4 is 0 Å². The Morgan fingerprint density at radius 2 is 1.69 bits per heavy atom. The van der Waals surface area contributed by atoms with E-state index in [1.165, 1.54) is 17.1 Å². The Kier molecular flexibility index (Phi) is 5.49. The molecule has 0 saturated carbocycles. The summed E-state index contributed by atoms with van der Waals surface area (Å²) in [5.74, 6) is -1.99. The summed E-state index contributed by atoms with van der Waals surface area (Å²) in [4.78, 5) is 27.8. The number of tetrazole rings is 1. The molecule has 1 aliphatic rings. The molecule has 0 aliphatic carbocycles. The van der Waals surface area contributed by atoms with E-state index in [9.17, 15) is 18.4 Å². The zero-order chi connectivity index (χ0) is 18.5. The molecule has 0 spiro atoms. The monoisotopic (exact) mass is 364 g/mol. The van der Waals surface area contributed by atoms with Gasteiger partial charge in [-0.15, -0.1) is 5.10 Å². The van der Waals surface area contributed by atoms with E-state index in [0.717, 1.165) is 12.1 Å². The summed E-state index contributed by atoms with van der Waals surface area (Å²) in [6, 6.07) is 3.64. The van der Waals surface area contributed by atoms with Crippen LogP contribution in [-0.4, -0.2) is 68.0 Å². The fourth-order valence-corrected chi connectivity index (χ4v) is 2.80. The van der Waals surface area contributed by atoms with Gasteiger partial charge in [-0.05, 0) is 34.5 Å². The molecule has 3 rings (SSSR count). The van der Waals surface area contributed by atoms with Gasteiger partial charge in [-0.1, -0.05) is 6.07 Å². The van der Waals surface area contributed by atoms with Gasteiger partial charge < -0.3 is 9.80 Å². The molecule has 1 saturated heterocycles. The number of aromatic nitrogens is 4. The third kappa shape index (κ3) is 4.38. The van der Waals surface area contributed by atoms with Crippen LogP contribution in [0, 0.1) is 11.6 Å². The standard InChI is InChI=1S/C16H18F2N6O2/c17-13-3-1-12(9-14(13)18)2-4-15(25)22-5-7-23(8-6-22)16(26)10-24-11-19-20-21-24/h1,3,9,11H,2,4-8,10H2. The quantitative estimate of drug-likeness (QED) is 0.760. The summed E-state index contributed by atoms with van der Waals surface area (Å²) < 4.78 is 27.5. The maximum absolute atomic E-state index is 13.2. The first-order valence-electron chi connectivity index (χ1n) is 8.23. The van der Waals surface area contributed by atoms with Crippen molar-refractivity contribution in [3.8, 4) is 0 Å². The predicted octanol–water partition coefficient (Wildman–Crippen LogP) is 0.255. The molecule has 26 heavy (non-hydrogen) atoms. The molecule has 0 N–H and O–H groups in total. The number of carbonyl (C=O) groups excluding carboxylic acids is 2. The molecule has 1 aromatic heterocycles. The number of halogens is 2. The molecule has 1 fully saturated rings. The normalized spacial score (nSPS) is 14.5. The highest BCUT2D eigenvalue weighted by Crippen LogP contribution is 2.12. The minimum Gasteiger partial charge on any atom is -0.339 e. The van der Waals surface area contributed by atoms with E-state index in [1.807, 2.05) is 0 Å². The molecule has 1 aliphatic heterocycles. The smallest absolute Gasteiger partial charge is 0.244 e. The van der Waals surface area contributed by atoms with Gasteiger partial charge in [-0.25, -0.2) is 13.5 Å². The third-order valence-electron chi connectivity index (χ3n) is 4.29. The van der Waals surface area contributed by atoms with Crippen molar-refractivity contribution in [3.05, 3.63) is 41.7 Å². The Balaban J connectivity index is 1.44. The molecule has 2 amide bonds. The van der Waals surface area contributed by atoms with Gasteiger partial charge in [0.15, 0.2) is 11.6 Å². The molecule has 0 atom stereocenters. The van der Waals surface area contributed by atoms with E-state index in [0.29, 0.717) is 38.2 Å². The van der Waals surface area contributed by atoms with Crippen molar-refractivity contribution in [2.75, 3.05) is 26.2 Å². The Labute approximate surface area is 148 Å². The van der Waals surface area contributed by atoms with Crippen LogP contribution in [0.15, 0.2) is 24.5 Å². The Morgan fingerprint density at radius 1 is 1.00 bits per heavy atom. The molecule has 10 heteroatoms. The second-order valence-electron chi connectivity index (χ2n) is 6.02. The average Bonchev–Trinajstić information content (AvgIpc) is 3.15. The number of amides is 2.